The maximum atomic E-state index is 11.8. The summed E-state index contributed by atoms with van der Waals surface area (Å²) in [6.45, 7) is 2.65. The van der Waals surface area contributed by atoms with E-state index in [0.29, 0.717) is 13.0 Å². The molecular weight excluding hydrogens is 236 g/mol. The number of carbonyl (C=O) groups excluding carboxylic acids is 1. The fourth-order valence-corrected chi connectivity index (χ4v) is 2.78. The van der Waals surface area contributed by atoms with E-state index in [4.69, 9.17) is 0 Å². The number of nitrogens with one attached hydrogen (secondary N) is 1. The molecule has 0 unspecified atom stereocenters. The molecule has 1 aliphatic heterocycles. The van der Waals surface area contributed by atoms with Crippen molar-refractivity contribution in [1.29, 1.82) is 0 Å². The third-order valence-electron chi connectivity index (χ3n) is 3.03. The highest BCUT2D eigenvalue weighted by Gasteiger charge is 2.27. The Morgan fingerprint density at radius 3 is 3.18 bits per heavy atom. The Labute approximate surface area is 104 Å². The summed E-state index contributed by atoms with van der Waals surface area (Å²) in [6, 6.07) is 0. The second-order valence-corrected chi connectivity index (χ2v) is 5.40. The summed E-state index contributed by atoms with van der Waals surface area (Å²) in [7, 11) is 0. The summed E-state index contributed by atoms with van der Waals surface area (Å²) in [6.07, 6.45) is 2.56. The number of aromatic nitrogens is 3. The maximum Gasteiger partial charge on any atom is 0.226 e. The summed E-state index contributed by atoms with van der Waals surface area (Å²) in [5.74, 6) is 1.98. The summed E-state index contributed by atoms with van der Waals surface area (Å²) >= 11 is 1.62. The van der Waals surface area contributed by atoms with E-state index in [1.807, 2.05) is 0 Å². The summed E-state index contributed by atoms with van der Waals surface area (Å²) in [5, 5.41) is 8.41. The quantitative estimate of drug-likeness (QED) is 0.811. The minimum atomic E-state index is 0.254. The van der Waals surface area contributed by atoms with Crippen molar-refractivity contribution in [2.24, 2.45) is 0 Å². The van der Waals surface area contributed by atoms with Gasteiger partial charge < -0.3 is 5.32 Å². The van der Waals surface area contributed by atoms with Gasteiger partial charge in [0.15, 0.2) is 5.78 Å². The van der Waals surface area contributed by atoms with E-state index in [0.717, 1.165) is 41.0 Å². The van der Waals surface area contributed by atoms with Gasteiger partial charge in [0.25, 0.3) is 0 Å². The largest absolute Gasteiger partial charge is 0.328 e. The van der Waals surface area contributed by atoms with Crippen molar-refractivity contribution < 1.29 is 4.79 Å². The minimum Gasteiger partial charge on any atom is -0.328 e. The number of hydrogen-bond acceptors (Lipinski definition) is 5. The molecule has 0 fully saturated rings. The maximum absolute atomic E-state index is 11.8. The third-order valence-corrected chi connectivity index (χ3v) is 3.75. The van der Waals surface area contributed by atoms with Crippen molar-refractivity contribution in [2.45, 2.75) is 37.9 Å². The van der Waals surface area contributed by atoms with Gasteiger partial charge in [-0.05, 0) is 18.6 Å². The molecule has 6 heteroatoms. The van der Waals surface area contributed by atoms with Crippen LogP contribution in [0.15, 0.2) is 16.4 Å². The first-order chi connectivity index (χ1) is 8.28. The average Bonchev–Trinajstić information content (AvgIpc) is 2.69. The molecule has 1 aromatic heterocycles. The molecule has 0 bridgehead atoms. The van der Waals surface area contributed by atoms with Crippen LogP contribution in [0.2, 0.25) is 0 Å². The highest BCUT2D eigenvalue weighted by Crippen LogP contribution is 2.29. The first-order valence-electron chi connectivity index (χ1n) is 5.88. The molecule has 1 aromatic rings. The van der Waals surface area contributed by atoms with Crippen LogP contribution in [-0.4, -0.2) is 26.3 Å². The third kappa shape index (κ3) is 1.86. The zero-order valence-corrected chi connectivity index (χ0v) is 10.5. The number of rotatable bonds is 2. The standard InChI is InChI=1S/C11H14N4OS/c1-2-17-11-13-10-12-8-4-3-5-9(16)7(8)6-15(10)14-11/h2-6H2,1H3,(H,12,13,14). The summed E-state index contributed by atoms with van der Waals surface area (Å²) in [4.78, 5) is 16.2. The van der Waals surface area contributed by atoms with Crippen molar-refractivity contribution >= 4 is 23.5 Å². The van der Waals surface area contributed by atoms with E-state index in [9.17, 15) is 4.79 Å². The Morgan fingerprint density at radius 1 is 1.47 bits per heavy atom. The van der Waals surface area contributed by atoms with Crippen LogP contribution in [0, 0.1) is 0 Å². The molecule has 0 atom stereocenters. The Balaban J connectivity index is 1.91. The Hall–Kier alpha value is -1.30. The minimum absolute atomic E-state index is 0.254. The predicted octanol–water partition coefficient (Wildman–Crippen LogP) is 1.82. The Kier molecular flexibility index (Phi) is 2.66. The highest BCUT2D eigenvalue weighted by atomic mass is 32.2. The zero-order chi connectivity index (χ0) is 11.8. The predicted molar refractivity (Wildman–Crippen MR) is 65.9 cm³/mol. The molecule has 17 heavy (non-hydrogen) atoms. The van der Waals surface area contributed by atoms with E-state index >= 15 is 0 Å². The van der Waals surface area contributed by atoms with E-state index in [-0.39, 0.29) is 5.78 Å². The van der Waals surface area contributed by atoms with Gasteiger partial charge in [-0.1, -0.05) is 18.7 Å². The number of hydrogen-bond donors (Lipinski definition) is 1. The summed E-state index contributed by atoms with van der Waals surface area (Å²) < 4.78 is 1.79. The SMILES string of the molecule is CCSc1nc2n(n1)CC1=C(CCCC1=O)N2. The lowest BCUT2D eigenvalue weighted by Gasteiger charge is -2.24. The first kappa shape index (κ1) is 10.8. The van der Waals surface area contributed by atoms with Crippen LogP contribution in [0.25, 0.3) is 0 Å². The Morgan fingerprint density at radius 2 is 2.35 bits per heavy atom. The molecule has 3 rings (SSSR count). The molecule has 90 valence electrons. The van der Waals surface area contributed by atoms with Crippen molar-refractivity contribution in [3.63, 3.8) is 0 Å². The molecule has 1 aliphatic carbocycles. The van der Waals surface area contributed by atoms with E-state index in [2.05, 4.69) is 22.3 Å². The second-order valence-electron chi connectivity index (χ2n) is 4.17. The van der Waals surface area contributed by atoms with Gasteiger partial charge >= 0.3 is 0 Å². The number of thioether (sulfide) groups is 1. The normalized spacial score (nSPS) is 18.8. The lowest BCUT2D eigenvalue weighted by Crippen LogP contribution is -2.26. The number of carbonyl (C=O) groups is 1. The smallest absolute Gasteiger partial charge is 0.226 e. The van der Waals surface area contributed by atoms with Crippen LogP contribution in [0.5, 0.6) is 0 Å². The number of ketones is 1. The lowest BCUT2D eigenvalue weighted by atomic mass is 9.94. The van der Waals surface area contributed by atoms with E-state index in [1.54, 1.807) is 16.4 Å². The van der Waals surface area contributed by atoms with Crippen LogP contribution < -0.4 is 5.32 Å². The van der Waals surface area contributed by atoms with Crippen LogP contribution in [0.1, 0.15) is 26.2 Å². The van der Waals surface area contributed by atoms with Gasteiger partial charge in [0, 0.05) is 17.7 Å². The molecule has 0 spiro atoms. The van der Waals surface area contributed by atoms with Crippen molar-refractivity contribution in [3.8, 4) is 0 Å². The van der Waals surface area contributed by atoms with Gasteiger partial charge in [-0.2, -0.15) is 4.98 Å². The fraction of sp³-hybridized carbons (Fsp3) is 0.545. The van der Waals surface area contributed by atoms with Gasteiger partial charge in [-0.15, -0.1) is 5.10 Å². The number of nitrogens with zero attached hydrogens (tertiary/aromatic N) is 3. The average molecular weight is 250 g/mol. The number of anilines is 1. The molecule has 5 nitrogen and oxygen atoms in total. The monoisotopic (exact) mass is 250 g/mol. The molecule has 0 saturated carbocycles. The van der Waals surface area contributed by atoms with Crippen LogP contribution in [0.3, 0.4) is 0 Å². The molecule has 2 aliphatic rings. The molecule has 1 N–H and O–H groups in total. The van der Waals surface area contributed by atoms with Gasteiger partial charge in [-0.25, -0.2) is 4.68 Å². The van der Waals surface area contributed by atoms with Crippen LogP contribution in [-0.2, 0) is 11.3 Å². The Bertz CT molecular complexity index is 506. The highest BCUT2D eigenvalue weighted by molar-refractivity contribution is 7.99. The van der Waals surface area contributed by atoms with Crippen LogP contribution >= 0.6 is 11.8 Å². The van der Waals surface area contributed by atoms with E-state index < -0.39 is 0 Å². The number of Topliss-reactive ketones (excluding diaryl/α,β-unsaturated/α-hetero) is 1. The number of allylic oxidation sites excluding steroid dienone is 2. The van der Waals surface area contributed by atoms with Gasteiger partial charge in [0.05, 0.1) is 6.54 Å². The molecule has 0 aromatic carbocycles. The van der Waals surface area contributed by atoms with Crippen LogP contribution in [0.4, 0.5) is 5.95 Å². The zero-order valence-electron chi connectivity index (χ0n) is 9.69. The molecule has 0 saturated heterocycles. The van der Waals surface area contributed by atoms with Crippen molar-refractivity contribution in [2.75, 3.05) is 11.1 Å². The lowest BCUT2D eigenvalue weighted by molar-refractivity contribution is -0.116. The second kappa shape index (κ2) is 4.18. The topological polar surface area (TPSA) is 59.8 Å². The molecular formula is C11H14N4OS. The van der Waals surface area contributed by atoms with Crippen molar-refractivity contribution in [1.82, 2.24) is 14.8 Å². The van der Waals surface area contributed by atoms with Gasteiger partial charge in [0.2, 0.25) is 11.1 Å². The van der Waals surface area contributed by atoms with Gasteiger partial charge in [-0.3, -0.25) is 4.79 Å². The fourth-order valence-electron chi connectivity index (χ4n) is 2.22. The molecule has 0 amide bonds. The van der Waals surface area contributed by atoms with E-state index in [1.165, 1.54) is 0 Å². The molecule has 2 heterocycles. The first-order valence-corrected chi connectivity index (χ1v) is 6.86. The number of fused-ring (bicyclic) bond motifs is 1. The van der Waals surface area contributed by atoms with Crippen molar-refractivity contribution in [3.05, 3.63) is 11.3 Å². The molecule has 0 radical (unpaired) electrons. The summed E-state index contributed by atoms with van der Waals surface area (Å²) in [5.41, 5.74) is 1.94. The van der Waals surface area contributed by atoms with Gasteiger partial charge in [0.1, 0.15) is 0 Å².